The van der Waals surface area contributed by atoms with Crippen LogP contribution in [-0.2, 0) is 4.74 Å². The van der Waals surface area contributed by atoms with Crippen LogP contribution < -0.4 is 5.32 Å². The first-order valence-corrected chi connectivity index (χ1v) is 5.56. The molecule has 2 fully saturated rings. The molecule has 1 saturated carbocycles. The average molecular weight is 183 g/mol. The predicted octanol–water partition coefficient (Wildman–Crippen LogP) is 1.94. The molecule has 0 aromatic rings. The summed E-state index contributed by atoms with van der Waals surface area (Å²) in [5.41, 5.74) is 0.0471. The maximum absolute atomic E-state index is 6.10. The molecule has 13 heavy (non-hydrogen) atoms. The van der Waals surface area contributed by atoms with Gasteiger partial charge in [-0.2, -0.15) is 0 Å². The highest BCUT2D eigenvalue weighted by Crippen LogP contribution is 2.32. The number of morpholine rings is 1. The molecule has 2 heteroatoms. The normalized spacial score (nSPS) is 35.1. The standard InChI is InChI=1S/C11H21NO/c1-11(2)8-12-7-10(13-11)9-5-3-4-6-9/h9-10,12H,3-8H2,1-2H3. The molecule has 0 aromatic carbocycles. The molecule has 1 saturated heterocycles. The van der Waals surface area contributed by atoms with Crippen molar-refractivity contribution in [2.45, 2.75) is 51.2 Å². The van der Waals surface area contributed by atoms with E-state index >= 15 is 0 Å². The summed E-state index contributed by atoms with van der Waals surface area (Å²) in [6, 6.07) is 0. The molecule has 1 aliphatic carbocycles. The van der Waals surface area contributed by atoms with Gasteiger partial charge in [-0.15, -0.1) is 0 Å². The zero-order chi connectivity index (χ0) is 9.31. The maximum Gasteiger partial charge on any atom is 0.0754 e. The van der Waals surface area contributed by atoms with E-state index in [0.717, 1.165) is 19.0 Å². The number of hydrogen-bond donors (Lipinski definition) is 1. The Hall–Kier alpha value is -0.0800. The highest BCUT2D eigenvalue weighted by atomic mass is 16.5. The Morgan fingerprint density at radius 3 is 2.54 bits per heavy atom. The lowest BCUT2D eigenvalue weighted by Gasteiger charge is -2.39. The van der Waals surface area contributed by atoms with E-state index in [1.165, 1.54) is 25.7 Å². The molecule has 0 spiro atoms. The lowest BCUT2D eigenvalue weighted by molar-refractivity contribution is -0.115. The Bertz CT molecular complexity index is 173. The number of rotatable bonds is 1. The molecule has 0 radical (unpaired) electrons. The van der Waals surface area contributed by atoms with Gasteiger partial charge in [0.1, 0.15) is 0 Å². The quantitative estimate of drug-likeness (QED) is 0.671. The number of ether oxygens (including phenoxy) is 1. The summed E-state index contributed by atoms with van der Waals surface area (Å²) in [5, 5.41) is 3.48. The van der Waals surface area contributed by atoms with Crippen LogP contribution in [0.25, 0.3) is 0 Å². The summed E-state index contributed by atoms with van der Waals surface area (Å²) >= 11 is 0. The van der Waals surface area contributed by atoms with E-state index in [-0.39, 0.29) is 5.60 Å². The number of hydrogen-bond acceptors (Lipinski definition) is 2. The molecule has 76 valence electrons. The van der Waals surface area contributed by atoms with Crippen molar-refractivity contribution < 1.29 is 4.74 Å². The predicted molar refractivity (Wildman–Crippen MR) is 53.8 cm³/mol. The minimum absolute atomic E-state index is 0.0471. The van der Waals surface area contributed by atoms with E-state index in [1.807, 2.05) is 0 Å². The van der Waals surface area contributed by atoms with Gasteiger partial charge in [-0.25, -0.2) is 0 Å². The van der Waals surface area contributed by atoms with Crippen molar-refractivity contribution in [3.05, 3.63) is 0 Å². The second kappa shape index (κ2) is 3.58. The molecule has 1 heterocycles. The van der Waals surface area contributed by atoms with E-state index in [1.54, 1.807) is 0 Å². The molecular formula is C11H21NO. The smallest absolute Gasteiger partial charge is 0.0754 e. The lowest BCUT2D eigenvalue weighted by atomic mass is 9.97. The molecular weight excluding hydrogens is 162 g/mol. The molecule has 0 aromatic heterocycles. The Balaban J connectivity index is 1.91. The largest absolute Gasteiger partial charge is 0.369 e. The molecule has 1 atom stereocenters. The van der Waals surface area contributed by atoms with E-state index in [4.69, 9.17) is 4.74 Å². The second-order valence-electron chi connectivity index (χ2n) is 5.09. The molecule has 2 rings (SSSR count). The molecule has 1 aliphatic heterocycles. The van der Waals surface area contributed by atoms with Gasteiger partial charge in [0.15, 0.2) is 0 Å². The van der Waals surface area contributed by atoms with Crippen LogP contribution in [0.2, 0.25) is 0 Å². The summed E-state index contributed by atoms with van der Waals surface area (Å²) in [6.07, 6.45) is 6.05. The summed E-state index contributed by atoms with van der Waals surface area (Å²) in [5.74, 6) is 0.826. The van der Waals surface area contributed by atoms with Crippen LogP contribution >= 0.6 is 0 Å². The van der Waals surface area contributed by atoms with Crippen LogP contribution in [0.4, 0.5) is 0 Å². The van der Waals surface area contributed by atoms with Gasteiger partial charge in [0.25, 0.3) is 0 Å². The zero-order valence-corrected chi connectivity index (χ0v) is 8.81. The minimum atomic E-state index is 0.0471. The van der Waals surface area contributed by atoms with Crippen molar-refractivity contribution in [1.82, 2.24) is 5.32 Å². The second-order valence-corrected chi connectivity index (χ2v) is 5.09. The molecule has 1 unspecified atom stereocenters. The van der Waals surface area contributed by atoms with Crippen molar-refractivity contribution in [1.29, 1.82) is 0 Å². The van der Waals surface area contributed by atoms with Crippen molar-refractivity contribution in [3.63, 3.8) is 0 Å². The van der Waals surface area contributed by atoms with Crippen molar-refractivity contribution in [2.24, 2.45) is 5.92 Å². The van der Waals surface area contributed by atoms with Gasteiger partial charge < -0.3 is 10.1 Å². The highest BCUT2D eigenvalue weighted by molar-refractivity contribution is 4.86. The third-order valence-electron chi connectivity index (χ3n) is 3.29. The first kappa shape index (κ1) is 9.47. The first-order valence-electron chi connectivity index (χ1n) is 5.56. The fourth-order valence-electron chi connectivity index (χ4n) is 2.60. The molecule has 2 nitrogen and oxygen atoms in total. The van der Waals surface area contributed by atoms with Gasteiger partial charge in [0, 0.05) is 13.1 Å². The molecule has 0 amide bonds. The Labute approximate surface area is 81.0 Å². The summed E-state index contributed by atoms with van der Waals surface area (Å²) in [7, 11) is 0. The van der Waals surface area contributed by atoms with Crippen LogP contribution in [0.15, 0.2) is 0 Å². The minimum Gasteiger partial charge on any atom is -0.369 e. The molecule has 2 aliphatic rings. The highest BCUT2D eigenvalue weighted by Gasteiger charge is 2.34. The maximum atomic E-state index is 6.10. The summed E-state index contributed by atoms with van der Waals surface area (Å²) in [4.78, 5) is 0. The number of nitrogens with one attached hydrogen (secondary N) is 1. The fourth-order valence-corrected chi connectivity index (χ4v) is 2.60. The van der Waals surface area contributed by atoms with E-state index in [2.05, 4.69) is 19.2 Å². The van der Waals surface area contributed by atoms with Gasteiger partial charge >= 0.3 is 0 Å². The SMILES string of the molecule is CC1(C)CNCC(C2CCCC2)O1. The van der Waals surface area contributed by atoms with Crippen LogP contribution in [0.3, 0.4) is 0 Å². The van der Waals surface area contributed by atoms with E-state index in [0.29, 0.717) is 6.10 Å². The summed E-state index contributed by atoms with van der Waals surface area (Å²) < 4.78 is 6.10. The van der Waals surface area contributed by atoms with Gasteiger partial charge in [0.2, 0.25) is 0 Å². The van der Waals surface area contributed by atoms with Crippen molar-refractivity contribution >= 4 is 0 Å². The third kappa shape index (κ3) is 2.23. The Morgan fingerprint density at radius 2 is 1.92 bits per heavy atom. The van der Waals surface area contributed by atoms with Crippen LogP contribution in [-0.4, -0.2) is 24.8 Å². The van der Waals surface area contributed by atoms with Crippen LogP contribution in [0, 0.1) is 5.92 Å². The van der Waals surface area contributed by atoms with Gasteiger partial charge in [-0.1, -0.05) is 12.8 Å². The van der Waals surface area contributed by atoms with Gasteiger partial charge in [0.05, 0.1) is 11.7 Å². The zero-order valence-electron chi connectivity index (χ0n) is 8.81. The fraction of sp³-hybridized carbons (Fsp3) is 1.00. The Morgan fingerprint density at radius 1 is 1.23 bits per heavy atom. The third-order valence-corrected chi connectivity index (χ3v) is 3.29. The molecule has 0 bridgehead atoms. The first-order chi connectivity index (χ1) is 6.17. The van der Waals surface area contributed by atoms with Crippen molar-refractivity contribution in [3.8, 4) is 0 Å². The van der Waals surface area contributed by atoms with E-state index < -0.39 is 0 Å². The average Bonchev–Trinajstić information content (AvgIpc) is 2.53. The van der Waals surface area contributed by atoms with E-state index in [9.17, 15) is 0 Å². The monoisotopic (exact) mass is 183 g/mol. The van der Waals surface area contributed by atoms with Crippen molar-refractivity contribution in [2.75, 3.05) is 13.1 Å². The topological polar surface area (TPSA) is 21.3 Å². The summed E-state index contributed by atoms with van der Waals surface area (Å²) in [6.45, 7) is 6.42. The van der Waals surface area contributed by atoms with Gasteiger partial charge in [-0.05, 0) is 32.6 Å². The lowest BCUT2D eigenvalue weighted by Crippen LogP contribution is -2.52. The van der Waals surface area contributed by atoms with Gasteiger partial charge in [-0.3, -0.25) is 0 Å². The van der Waals surface area contributed by atoms with Crippen LogP contribution in [0.1, 0.15) is 39.5 Å². The van der Waals surface area contributed by atoms with Crippen LogP contribution in [0.5, 0.6) is 0 Å². The molecule has 1 N–H and O–H groups in total. The Kier molecular flexibility index (Phi) is 2.61.